The number of halogens is 1. The Morgan fingerprint density at radius 1 is 1.16 bits per heavy atom. The van der Waals surface area contributed by atoms with Crippen molar-refractivity contribution in [1.82, 2.24) is 15.7 Å². The summed E-state index contributed by atoms with van der Waals surface area (Å²) in [5, 5.41) is 5.55. The van der Waals surface area contributed by atoms with E-state index in [0.29, 0.717) is 23.6 Å². The molecular formula is C28H33FN4O4. The number of nitrogens with zero attached hydrogens (tertiary/aromatic N) is 1. The molecule has 37 heavy (non-hydrogen) atoms. The molecule has 1 saturated heterocycles. The van der Waals surface area contributed by atoms with E-state index in [-0.39, 0.29) is 17.0 Å². The number of hydrogen-bond acceptors (Lipinski definition) is 6. The van der Waals surface area contributed by atoms with Crippen LogP contribution in [0.5, 0.6) is 5.75 Å². The van der Waals surface area contributed by atoms with Gasteiger partial charge in [0.1, 0.15) is 30.1 Å². The zero-order valence-electron chi connectivity index (χ0n) is 21.4. The fraction of sp³-hybridized carbons (Fsp3) is 0.393. The number of amides is 2. The number of allylic oxidation sites excluding steroid dienone is 1. The van der Waals surface area contributed by atoms with E-state index in [9.17, 15) is 9.18 Å². The number of rotatable bonds is 6. The second-order valence-electron chi connectivity index (χ2n) is 9.85. The van der Waals surface area contributed by atoms with Gasteiger partial charge in [0.25, 0.3) is 0 Å². The largest absolute Gasteiger partial charge is 0.492 e. The zero-order chi connectivity index (χ0) is 26.3. The summed E-state index contributed by atoms with van der Waals surface area (Å²) in [7, 11) is 0. The molecule has 0 bridgehead atoms. The lowest BCUT2D eigenvalue weighted by Crippen LogP contribution is -2.43. The van der Waals surface area contributed by atoms with Gasteiger partial charge in [-0.2, -0.15) is 0 Å². The number of ether oxygens (including phenoxy) is 2. The molecule has 2 heterocycles. The Morgan fingerprint density at radius 3 is 2.59 bits per heavy atom. The number of anilines is 1. The monoisotopic (exact) mass is 508 g/mol. The van der Waals surface area contributed by atoms with Crippen LogP contribution in [0.2, 0.25) is 0 Å². The average molecular weight is 509 g/mol. The van der Waals surface area contributed by atoms with Gasteiger partial charge in [0.05, 0.1) is 18.8 Å². The topological polar surface area (TPSA) is 84.1 Å². The Kier molecular flexibility index (Phi) is 8.66. The van der Waals surface area contributed by atoms with E-state index in [1.165, 1.54) is 6.07 Å². The van der Waals surface area contributed by atoms with Gasteiger partial charge >= 0.3 is 6.03 Å². The number of benzene rings is 2. The molecule has 0 spiro atoms. The maximum absolute atomic E-state index is 14.5. The Morgan fingerprint density at radius 2 is 1.92 bits per heavy atom. The highest BCUT2D eigenvalue weighted by molar-refractivity contribution is 5.89. The van der Waals surface area contributed by atoms with E-state index in [2.05, 4.69) is 32.9 Å². The molecule has 4 rings (SSSR count). The number of hydrogen-bond donors (Lipinski definition) is 3. The van der Waals surface area contributed by atoms with Crippen LogP contribution in [-0.4, -0.2) is 56.6 Å². The van der Waals surface area contributed by atoms with Gasteiger partial charge in [0.15, 0.2) is 0 Å². The molecule has 196 valence electrons. The highest BCUT2D eigenvalue weighted by Crippen LogP contribution is 2.28. The van der Waals surface area contributed by atoms with Gasteiger partial charge in [-0.1, -0.05) is 32.6 Å². The molecule has 3 N–H and O–H groups in total. The molecule has 2 aliphatic rings. The molecule has 2 aromatic rings. The summed E-state index contributed by atoms with van der Waals surface area (Å²) in [5.74, 6) is 6.63. The van der Waals surface area contributed by atoms with Crippen molar-refractivity contribution >= 4 is 11.7 Å². The Labute approximate surface area is 217 Å². The summed E-state index contributed by atoms with van der Waals surface area (Å²) in [5.41, 5.74) is 4.21. The van der Waals surface area contributed by atoms with Crippen LogP contribution in [0.25, 0.3) is 0 Å². The summed E-state index contributed by atoms with van der Waals surface area (Å²) in [6, 6.07) is 11.3. The van der Waals surface area contributed by atoms with Crippen molar-refractivity contribution in [3.63, 3.8) is 0 Å². The molecule has 0 radical (unpaired) electrons. The highest BCUT2D eigenvalue weighted by atomic mass is 19.1. The van der Waals surface area contributed by atoms with E-state index < -0.39 is 12.0 Å². The predicted molar refractivity (Wildman–Crippen MR) is 139 cm³/mol. The summed E-state index contributed by atoms with van der Waals surface area (Å²) in [6.07, 6.45) is 1.41. The van der Waals surface area contributed by atoms with Gasteiger partial charge in [0.2, 0.25) is 0 Å². The van der Waals surface area contributed by atoms with Crippen molar-refractivity contribution in [3.05, 3.63) is 71.2 Å². The van der Waals surface area contributed by atoms with Crippen molar-refractivity contribution in [1.29, 1.82) is 0 Å². The Balaban J connectivity index is 1.26. The van der Waals surface area contributed by atoms with Crippen LogP contribution in [-0.2, 0) is 9.57 Å². The number of morpholine rings is 1. The highest BCUT2D eigenvalue weighted by Gasteiger charge is 2.27. The summed E-state index contributed by atoms with van der Waals surface area (Å²) in [4.78, 5) is 20.0. The minimum absolute atomic E-state index is 0.154. The Hall–Kier alpha value is -3.58. The van der Waals surface area contributed by atoms with Crippen molar-refractivity contribution in [2.75, 3.05) is 44.8 Å². The van der Waals surface area contributed by atoms with Crippen molar-refractivity contribution in [3.8, 4) is 17.6 Å². The molecule has 8 nitrogen and oxygen atoms in total. The molecule has 2 aromatic carbocycles. The molecule has 9 heteroatoms. The molecule has 0 saturated carbocycles. The third-order valence-corrected chi connectivity index (χ3v) is 5.84. The van der Waals surface area contributed by atoms with Gasteiger partial charge in [-0.25, -0.2) is 9.18 Å². The zero-order valence-corrected chi connectivity index (χ0v) is 21.4. The first-order valence-corrected chi connectivity index (χ1v) is 12.3. The van der Waals surface area contributed by atoms with Gasteiger partial charge in [-0.05, 0) is 42.5 Å². The van der Waals surface area contributed by atoms with Crippen LogP contribution >= 0.6 is 0 Å². The normalized spacial score (nSPS) is 17.7. The summed E-state index contributed by atoms with van der Waals surface area (Å²) < 4.78 is 25.5. The van der Waals surface area contributed by atoms with Crippen LogP contribution < -0.4 is 20.9 Å². The van der Waals surface area contributed by atoms with Crippen LogP contribution in [0, 0.1) is 23.1 Å². The van der Waals surface area contributed by atoms with E-state index in [1.54, 1.807) is 36.4 Å². The van der Waals surface area contributed by atoms with Gasteiger partial charge in [0, 0.05) is 42.4 Å². The molecular weight excluding hydrogens is 475 g/mol. The van der Waals surface area contributed by atoms with Crippen LogP contribution in [0.3, 0.4) is 0 Å². The molecule has 1 fully saturated rings. The van der Waals surface area contributed by atoms with E-state index in [1.807, 2.05) is 26.8 Å². The maximum Gasteiger partial charge on any atom is 0.320 e. The molecule has 1 atom stereocenters. The number of hydroxylamine groups is 1. The maximum atomic E-state index is 14.5. The molecule has 2 aliphatic heterocycles. The fourth-order valence-corrected chi connectivity index (χ4v) is 3.71. The summed E-state index contributed by atoms with van der Waals surface area (Å²) in [6.45, 7) is 10.6. The Bertz CT molecular complexity index is 1180. The quantitative estimate of drug-likeness (QED) is 0.514. The lowest BCUT2D eigenvalue weighted by Gasteiger charge is -2.26. The number of carbonyl (C=O) groups is 1. The van der Waals surface area contributed by atoms with Gasteiger partial charge in [-0.15, -0.1) is 5.48 Å². The minimum Gasteiger partial charge on any atom is -0.492 e. The van der Waals surface area contributed by atoms with Crippen molar-refractivity contribution < 1.29 is 23.5 Å². The standard InChI is InChI=1S/C28H33FN4O4/c1-28(2,3)25-19-26(32-37-25)31-27(34)30-22-9-5-20(6-10-22)4-7-21-8-11-23(18-24(21)29)36-17-14-33-12-15-35-16-13-33/h5-6,8-11,18-19,26,32H,12-17H2,1-3H3,(H2,30,31,34). The second kappa shape index (κ2) is 12.1. The van der Waals surface area contributed by atoms with Crippen LogP contribution in [0.15, 0.2) is 54.3 Å². The average Bonchev–Trinajstić information content (AvgIpc) is 3.34. The first-order chi connectivity index (χ1) is 17.8. The lowest BCUT2D eigenvalue weighted by molar-refractivity contribution is 0.0322. The summed E-state index contributed by atoms with van der Waals surface area (Å²) >= 11 is 0. The molecule has 0 aliphatic carbocycles. The van der Waals surface area contributed by atoms with Gasteiger partial charge in [-0.3, -0.25) is 4.90 Å². The number of carbonyl (C=O) groups excluding carboxylic acids is 1. The minimum atomic E-state index is -0.431. The number of nitrogens with one attached hydrogen (secondary N) is 3. The third-order valence-electron chi connectivity index (χ3n) is 5.84. The van der Waals surface area contributed by atoms with Gasteiger partial charge < -0.3 is 24.9 Å². The number of urea groups is 1. The smallest absolute Gasteiger partial charge is 0.320 e. The predicted octanol–water partition coefficient (Wildman–Crippen LogP) is 3.85. The molecule has 1 unspecified atom stereocenters. The van der Waals surface area contributed by atoms with E-state index in [4.69, 9.17) is 14.3 Å². The van der Waals surface area contributed by atoms with Crippen LogP contribution in [0.1, 0.15) is 31.9 Å². The molecule has 2 amide bonds. The van der Waals surface area contributed by atoms with E-state index in [0.717, 1.165) is 38.6 Å². The first-order valence-electron chi connectivity index (χ1n) is 12.3. The lowest BCUT2D eigenvalue weighted by atomic mass is 9.94. The molecule has 0 aromatic heterocycles. The second-order valence-corrected chi connectivity index (χ2v) is 9.85. The fourth-order valence-electron chi connectivity index (χ4n) is 3.71. The first kappa shape index (κ1) is 26.5. The van der Waals surface area contributed by atoms with Crippen LogP contribution in [0.4, 0.5) is 14.9 Å². The SMILES string of the molecule is CC(C)(C)C1=CC(NC(=O)Nc2ccc(C#Cc3ccc(OCCN4CCOCC4)cc3F)cc2)NO1. The van der Waals surface area contributed by atoms with Crippen molar-refractivity contribution in [2.24, 2.45) is 5.41 Å². The van der Waals surface area contributed by atoms with Crippen molar-refractivity contribution in [2.45, 2.75) is 26.9 Å². The third kappa shape index (κ3) is 7.95. The van der Waals surface area contributed by atoms with E-state index >= 15 is 0 Å².